The molecular formula is C18H31N5O2. The van der Waals surface area contributed by atoms with Gasteiger partial charge in [-0.05, 0) is 40.7 Å². The second-order valence-electron chi connectivity index (χ2n) is 8.17. The first-order valence-corrected chi connectivity index (χ1v) is 9.27. The van der Waals surface area contributed by atoms with Crippen LogP contribution in [0.4, 0.5) is 10.5 Å². The Labute approximate surface area is 150 Å². The third-order valence-electron chi connectivity index (χ3n) is 4.95. The molecule has 2 fully saturated rings. The first-order valence-electron chi connectivity index (χ1n) is 9.27. The Morgan fingerprint density at radius 1 is 1.12 bits per heavy atom. The Bertz CT molecular complexity index is 579. The molecule has 1 amide bonds. The molecule has 25 heavy (non-hydrogen) atoms. The fourth-order valence-corrected chi connectivity index (χ4v) is 3.40. The molecule has 140 valence electrons. The van der Waals surface area contributed by atoms with Crippen molar-refractivity contribution in [1.29, 1.82) is 0 Å². The maximum atomic E-state index is 12.2. The summed E-state index contributed by atoms with van der Waals surface area (Å²) < 4.78 is 7.55. The highest BCUT2D eigenvalue weighted by Gasteiger charge is 2.28. The summed E-state index contributed by atoms with van der Waals surface area (Å²) >= 11 is 0. The highest BCUT2D eigenvalue weighted by molar-refractivity contribution is 5.68. The number of hydrogen-bond acceptors (Lipinski definition) is 5. The highest BCUT2D eigenvalue weighted by Crippen LogP contribution is 2.25. The number of aromatic nitrogens is 2. The first-order chi connectivity index (χ1) is 11.8. The van der Waals surface area contributed by atoms with Gasteiger partial charge in [0.15, 0.2) is 0 Å². The smallest absolute Gasteiger partial charge is 0.410 e. The predicted octanol–water partition coefficient (Wildman–Crippen LogP) is 2.21. The molecule has 2 aliphatic rings. The van der Waals surface area contributed by atoms with Gasteiger partial charge in [-0.3, -0.25) is 4.68 Å². The maximum Gasteiger partial charge on any atom is 0.410 e. The highest BCUT2D eigenvalue weighted by atomic mass is 16.6. The van der Waals surface area contributed by atoms with E-state index < -0.39 is 5.60 Å². The van der Waals surface area contributed by atoms with Crippen LogP contribution < -0.4 is 4.90 Å². The van der Waals surface area contributed by atoms with Gasteiger partial charge in [0, 0.05) is 45.5 Å². The van der Waals surface area contributed by atoms with Gasteiger partial charge in [-0.2, -0.15) is 5.10 Å². The van der Waals surface area contributed by atoms with Crippen LogP contribution in [0.3, 0.4) is 0 Å². The Kier molecular flexibility index (Phi) is 5.22. The molecule has 3 rings (SSSR count). The number of ether oxygens (including phenoxy) is 1. The molecule has 0 unspecified atom stereocenters. The van der Waals surface area contributed by atoms with Crippen LogP contribution in [0.1, 0.15) is 39.7 Å². The van der Waals surface area contributed by atoms with Crippen LogP contribution in [0.25, 0.3) is 0 Å². The molecule has 0 bridgehead atoms. The summed E-state index contributed by atoms with van der Waals surface area (Å²) in [7, 11) is 2.17. The number of likely N-dealkylation sites (tertiary alicyclic amines) is 1. The van der Waals surface area contributed by atoms with Gasteiger partial charge in [0.25, 0.3) is 0 Å². The monoisotopic (exact) mass is 349 g/mol. The second-order valence-corrected chi connectivity index (χ2v) is 8.17. The third-order valence-corrected chi connectivity index (χ3v) is 4.95. The number of carbonyl (C=O) groups is 1. The summed E-state index contributed by atoms with van der Waals surface area (Å²) in [6.07, 6.45) is 5.78. The summed E-state index contributed by atoms with van der Waals surface area (Å²) in [5.74, 6) is 0. The number of likely N-dealkylation sites (N-methyl/N-ethyl adjacent to an activating group) is 1. The van der Waals surface area contributed by atoms with Gasteiger partial charge in [-0.1, -0.05) is 0 Å². The molecule has 0 saturated carbocycles. The van der Waals surface area contributed by atoms with Gasteiger partial charge in [0.05, 0.1) is 17.9 Å². The molecule has 3 heterocycles. The van der Waals surface area contributed by atoms with Crippen LogP contribution in [0, 0.1) is 0 Å². The van der Waals surface area contributed by atoms with E-state index in [4.69, 9.17) is 4.74 Å². The molecule has 7 heteroatoms. The van der Waals surface area contributed by atoms with Gasteiger partial charge in [-0.25, -0.2) is 4.79 Å². The quantitative estimate of drug-likeness (QED) is 0.819. The summed E-state index contributed by atoms with van der Waals surface area (Å²) in [6.45, 7) is 11.5. The second kappa shape index (κ2) is 7.23. The first kappa shape index (κ1) is 18.0. The number of rotatable bonds is 2. The van der Waals surface area contributed by atoms with E-state index in [0.717, 1.165) is 52.1 Å². The van der Waals surface area contributed by atoms with E-state index in [1.165, 1.54) is 5.69 Å². The molecule has 0 aliphatic carbocycles. The fourth-order valence-electron chi connectivity index (χ4n) is 3.40. The topological polar surface area (TPSA) is 53.8 Å². The van der Waals surface area contributed by atoms with Crippen LogP contribution in [0.5, 0.6) is 0 Å². The van der Waals surface area contributed by atoms with E-state index in [9.17, 15) is 4.79 Å². The van der Waals surface area contributed by atoms with Gasteiger partial charge in [0.2, 0.25) is 0 Å². The Balaban J connectivity index is 1.52. The van der Waals surface area contributed by atoms with Gasteiger partial charge in [0.1, 0.15) is 5.60 Å². The van der Waals surface area contributed by atoms with Crippen LogP contribution in [0.2, 0.25) is 0 Å². The van der Waals surface area contributed by atoms with Crippen LogP contribution in [-0.4, -0.2) is 77.6 Å². The third kappa shape index (κ3) is 4.66. The largest absolute Gasteiger partial charge is 0.444 e. The Hall–Kier alpha value is -1.76. The van der Waals surface area contributed by atoms with Crippen molar-refractivity contribution in [3.05, 3.63) is 12.4 Å². The minimum absolute atomic E-state index is 0.204. The van der Waals surface area contributed by atoms with Gasteiger partial charge >= 0.3 is 6.09 Å². The Morgan fingerprint density at radius 3 is 2.36 bits per heavy atom. The zero-order valence-corrected chi connectivity index (χ0v) is 15.9. The molecule has 1 aromatic rings. The average molecular weight is 349 g/mol. The molecule has 1 aromatic heterocycles. The molecule has 2 aliphatic heterocycles. The average Bonchev–Trinajstić information content (AvgIpc) is 3.04. The minimum atomic E-state index is -0.437. The predicted molar refractivity (Wildman–Crippen MR) is 98.0 cm³/mol. The summed E-state index contributed by atoms with van der Waals surface area (Å²) in [5, 5.41) is 4.59. The van der Waals surface area contributed by atoms with Crippen molar-refractivity contribution in [3.8, 4) is 0 Å². The SMILES string of the molecule is CN1CCN(c2cnn(C3CCN(C(=O)OC(C)(C)C)CC3)c2)CC1. The van der Waals surface area contributed by atoms with E-state index in [2.05, 4.69) is 32.8 Å². The number of amides is 1. The van der Waals surface area contributed by atoms with Crippen molar-refractivity contribution in [1.82, 2.24) is 19.6 Å². The van der Waals surface area contributed by atoms with E-state index in [1.807, 2.05) is 31.9 Å². The van der Waals surface area contributed by atoms with Crippen LogP contribution >= 0.6 is 0 Å². The number of carbonyl (C=O) groups excluding carboxylic acids is 1. The van der Waals surface area contributed by atoms with Crippen molar-refractivity contribution in [2.24, 2.45) is 0 Å². The van der Waals surface area contributed by atoms with Crippen molar-refractivity contribution < 1.29 is 9.53 Å². The summed E-state index contributed by atoms with van der Waals surface area (Å²) in [5.41, 5.74) is 0.774. The fraction of sp³-hybridized carbons (Fsp3) is 0.778. The number of nitrogens with zero attached hydrogens (tertiary/aromatic N) is 5. The van der Waals surface area contributed by atoms with Gasteiger partial charge in [-0.15, -0.1) is 0 Å². The van der Waals surface area contributed by atoms with E-state index in [1.54, 1.807) is 0 Å². The number of anilines is 1. The summed E-state index contributed by atoms with van der Waals surface area (Å²) in [4.78, 5) is 18.7. The van der Waals surface area contributed by atoms with Crippen LogP contribution in [0.15, 0.2) is 12.4 Å². The zero-order chi connectivity index (χ0) is 18.0. The molecule has 2 saturated heterocycles. The standard InChI is InChI=1S/C18H31N5O2/c1-18(2,3)25-17(24)22-7-5-15(6-8-22)23-14-16(13-19-23)21-11-9-20(4)10-12-21/h13-15H,5-12H2,1-4H3. The van der Waals surface area contributed by atoms with Crippen molar-refractivity contribution in [3.63, 3.8) is 0 Å². The molecule has 7 nitrogen and oxygen atoms in total. The molecule has 0 atom stereocenters. The molecule has 0 N–H and O–H groups in total. The normalized spacial score (nSPS) is 20.8. The van der Waals surface area contributed by atoms with E-state index >= 15 is 0 Å². The number of piperidine rings is 1. The molecule has 0 spiro atoms. The lowest BCUT2D eigenvalue weighted by Crippen LogP contribution is -2.44. The van der Waals surface area contributed by atoms with Crippen molar-refractivity contribution in [2.45, 2.75) is 45.3 Å². The number of piperazine rings is 1. The lowest BCUT2D eigenvalue weighted by molar-refractivity contribution is 0.0185. The maximum absolute atomic E-state index is 12.2. The van der Waals surface area contributed by atoms with Crippen molar-refractivity contribution >= 4 is 11.8 Å². The summed E-state index contributed by atoms with van der Waals surface area (Å²) in [6, 6.07) is 0.361. The molecule has 0 radical (unpaired) electrons. The lowest BCUT2D eigenvalue weighted by atomic mass is 10.1. The number of hydrogen-bond donors (Lipinski definition) is 0. The lowest BCUT2D eigenvalue weighted by Gasteiger charge is -2.34. The molecular weight excluding hydrogens is 318 g/mol. The van der Waals surface area contributed by atoms with E-state index in [0.29, 0.717) is 6.04 Å². The molecule has 0 aromatic carbocycles. The van der Waals surface area contributed by atoms with Crippen LogP contribution in [-0.2, 0) is 4.74 Å². The van der Waals surface area contributed by atoms with E-state index in [-0.39, 0.29) is 6.09 Å². The Morgan fingerprint density at radius 2 is 1.76 bits per heavy atom. The van der Waals surface area contributed by atoms with Crippen molar-refractivity contribution in [2.75, 3.05) is 51.2 Å². The zero-order valence-electron chi connectivity index (χ0n) is 15.9. The minimum Gasteiger partial charge on any atom is -0.444 e. The van der Waals surface area contributed by atoms with Gasteiger partial charge < -0.3 is 19.4 Å².